The van der Waals surface area contributed by atoms with Gasteiger partial charge >= 0.3 is 37.3 Å². The van der Waals surface area contributed by atoms with Gasteiger partial charge in [0.05, 0.1) is 0 Å². The average Bonchev–Trinajstić information content (AvgIpc) is 2.80. The first-order valence-corrected chi connectivity index (χ1v) is 18.1. The van der Waals surface area contributed by atoms with Gasteiger partial charge < -0.3 is 48.6 Å². The van der Waals surface area contributed by atoms with Gasteiger partial charge in [-0.3, -0.25) is 22.9 Å². The second kappa shape index (κ2) is 15.4. The van der Waals surface area contributed by atoms with Crippen LogP contribution in [-0.2, 0) is 57.0 Å². The predicted octanol–water partition coefficient (Wildman–Crippen LogP) is 0.642. The van der Waals surface area contributed by atoms with Crippen molar-refractivity contribution in [3.05, 3.63) is 35.9 Å². The van der Waals surface area contributed by atoms with Crippen molar-refractivity contribution in [1.29, 1.82) is 0 Å². The van der Waals surface area contributed by atoms with Crippen molar-refractivity contribution in [2.24, 2.45) is 0 Å². The quantitative estimate of drug-likeness (QED) is 0.0671. The third kappa shape index (κ3) is 13.4. The van der Waals surface area contributed by atoms with Crippen LogP contribution in [0, 0.1) is 0 Å². The largest absolute Gasteiger partial charge is 0.470 e. The van der Waals surface area contributed by atoms with Crippen molar-refractivity contribution >= 4 is 37.3 Å². The van der Waals surface area contributed by atoms with E-state index in [0.29, 0.717) is 6.42 Å². The minimum atomic E-state index is -5.77. The topological polar surface area (TPSA) is 303 Å². The molecule has 6 atom stereocenters. The predicted molar refractivity (Wildman–Crippen MR) is 137 cm³/mol. The summed E-state index contributed by atoms with van der Waals surface area (Å²) in [7, 11) is -22.9. The van der Waals surface area contributed by atoms with E-state index in [2.05, 4.69) is 18.1 Å². The Morgan fingerprint density at radius 1 is 0.667 bits per heavy atom. The number of carbonyl (C=O) groups excluding carboxylic acids is 1. The fraction of sp³-hybridized carbons (Fsp3) is 0.632. The molecule has 1 fully saturated rings. The molecule has 8 N–H and O–H groups in total. The number of rotatable bonds is 16. The zero-order valence-corrected chi connectivity index (χ0v) is 25.3. The third-order valence-electron chi connectivity index (χ3n) is 5.46. The smallest absolute Gasteiger partial charge is 0.457 e. The highest BCUT2D eigenvalue weighted by molar-refractivity contribution is 7.47. The molecular formula is C19H32O19P4. The Labute approximate surface area is 239 Å². The first-order valence-electron chi connectivity index (χ1n) is 12.0. The summed E-state index contributed by atoms with van der Waals surface area (Å²) in [5, 5.41) is 0. The number of esters is 1. The zero-order valence-electron chi connectivity index (χ0n) is 21.7. The molecule has 1 aliphatic carbocycles. The van der Waals surface area contributed by atoms with Crippen LogP contribution in [-0.4, -0.2) is 88.3 Å². The van der Waals surface area contributed by atoms with E-state index in [9.17, 15) is 62.2 Å². The van der Waals surface area contributed by atoms with Crippen LogP contribution in [0.2, 0.25) is 0 Å². The molecule has 1 aliphatic rings. The Morgan fingerprint density at radius 3 is 1.48 bits per heavy atom. The van der Waals surface area contributed by atoms with Crippen LogP contribution in [0.3, 0.4) is 0 Å². The summed E-state index contributed by atoms with van der Waals surface area (Å²) in [6.07, 6.45) is -14.2. The molecule has 42 heavy (non-hydrogen) atoms. The summed E-state index contributed by atoms with van der Waals surface area (Å²) < 4.78 is 76.6. The third-order valence-corrected chi connectivity index (χ3v) is 7.54. The first kappa shape index (κ1) is 37.3. The number of phosphoric acid groups is 4. The lowest BCUT2D eigenvalue weighted by Gasteiger charge is -2.48. The molecule has 19 nitrogen and oxygen atoms in total. The van der Waals surface area contributed by atoms with Gasteiger partial charge in [-0.15, -0.1) is 0 Å². The lowest BCUT2D eigenvalue weighted by atomic mass is 9.84. The summed E-state index contributed by atoms with van der Waals surface area (Å²) in [5.74, 6) is -1.08. The molecular weight excluding hydrogens is 656 g/mol. The maximum Gasteiger partial charge on any atom is 0.470 e. The van der Waals surface area contributed by atoms with E-state index in [1.807, 2.05) is 0 Å². The Balaban J connectivity index is 2.67. The van der Waals surface area contributed by atoms with Gasteiger partial charge in [0.25, 0.3) is 0 Å². The first-order chi connectivity index (χ1) is 19.2. The van der Waals surface area contributed by atoms with Gasteiger partial charge in [-0.25, -0.2) is 18.3 Å². The van der Waals surface area contributed by atoms with E-state index in [-0.39, 0.29) is 25.9 Å². The standard InChI is InChI=1S/C19H32O19P4/c1-2-7-13(20)34-15-14(33-11-6-10-12-8-4-3-5-9-12)16(35-39(21,22)23)18(37-41(27,28)29)19(38-42(30,31)32)17(15)36-40(24,25)26/h3-5,8-9,14-19H,2,6-7,10-11H2,1H3,(H2,21,22,23)(H2,24,25,26)(H2,27,28,29)(H2,30,31,32)/t14-,15+,16+,17+,18-,19-/m0/s1. The molecule has 0 unspecified atom stereocenters. The van der Waals surface area contributed by atoms with Crippen molar-refractivity contribution in [2.75, 3.05) is 6.61 Å². The second-order valence-corrected chi connectivity index (χ2v) is 13.6. The number of carbonyl (C=O) groups is 1. The highest BCUT2D eigenvalue weighted by atomic mass is 31.2. The molecule has 2 rings (SSSR count). The maximum atomic E-state index is 12.5. The average molecular weight is 688 g/mol. The van der Waals surface area contributed by atoms with Crippen LogP contribution in [0.5, 0.6) is 0 Å². The summed E-state index contributed by atoms with van der Waals surface area (Å²) >= 11 is 0. The molecule has 0 aromatic heterocycles. The van der Waals surface area contributed by atoms with Crippen LogP contribution in [0.25, 0.3) is 0 Å². The Morgan fingerprint density at radius 2 is 1.07 bits per heavy atom. The van der Waals surface area contributed by atoms with E-state index in [1.165, 1.54) is 0 Å². The number of aryl methyl sites for hydroxylation is 1. The lowest BCUT2D eigenvalue weighted by molar-refractivity contribution is -0.232. The van der Waals surface area contributed by atoms with Crippen molar-refractivity contribution < 1.29 is 89.8 Å². The van der Waals surface area contributed by atoms with Crippen molar-refractivity contribution in [1.82, 2.24) is 0 Å². The van der Waals surface area contributed by atoms with Crippen LogP contribution in [0.4, 0.5) is 0 Å². The second-order valence-electron chi connectivity index (χ2n) is 8.87. The Bertz CT molecular complexity index is 1200. The molecule has 23 heteroatoms. The van der Waals surface area contributed by atoms with Crippen molar-refractivity contribution in [3.63, 3.8) is 0 Å². The van der Waals surface area contributed by atoms with Crippen LogP contribution < -0.4 is 0 Å². The van der Waals surface area contributed by atoms with Crippen LogP contribution in [0.1, 0.15) is 31.7 Å². The fourth-order valence-electron chi connectivity index (χ4n) is 4.11. The van der Waals surface area contributed by atoms with E-state index in [1.54, 1.807) is 37.3 Å². The molecule has 0 amide bonds. The van der Waals surface area contributed by atoms with E-state index in [4.69, 9.17) is 9.47 Å². The van der Waals surface area contributed by atoms with Crippen molar-refractivity contribution in [2.45, 2.75) is 69.2 Å². The molecule has 0 spiro atoms. The molecule has 0 heterocycles. The molecule has 242 valence electrons. The fourth-order valence-corrected chi connectivity index (χ4v) is 6.34. The monoisotopic (exact) mass is 688 g/mol. The van der Waals surface area contributed by atoms with Gasteiger partial charge in [0.1, 0.15) is 30.5 Å². The molecule has 0 aliphatic heterocycles. The highest BCUT2D eigenvalue weighted by Crippen LogP contribution is 2.53. The van der Waals surface area contributed by atoms with Gasteiger partial charge in [0.15, 0.2) is 6.10 Å². The Kier molecular flexibility index (Phi) is 13.7. The summed E-state index contributed by atoms with van der Waals surface area (Å²) in [6, 6.07) is 8.81. The molecule has 1 aromatic rings. The zero-order chi connectivity index (χ0) is 31.9. The van der Waals surface area contributed by atoms with Gasteiger partial charge in [0, 0.05) is 13.0 Å². The van der Waals surface area contributed by atoms with Crippen LogP contribution in [0.15, 0.2) is 30.3 Å². The van der Waals surface area contributed by atoms with Crippen LogP contribution >= 0.6 is 31.3 Å². The van der Waals surface area contributed by atoms with Gasteiger partial charge in [0.2, 0.25) is 0 Å². The molecule has 0 bridgehead atoms. The summed E-state index contributed by atoms with van der Waals surface area (Å²) in [5.41, 5.74) is 0.833. The summed E-state index contributed by atoms with van der Waals surface area (Å²) in [6.45, 7) is 1.21. The number of ether oxygens (including phenoxy) is 2. The number of benzene rings is 1. The maximum absolute atomic E-state index is 12.5. The van der Waals surface area contributed by atoms with Gasteiger partial charge in [-0.1, -0.05) is 37.3 Å². The van der Waals surface area contributed by atoms with Gasteiger partial charge in [-0.05, 0) is 24.8 Å². The Hall–Kier alpha value is -0.910. The normalized spacial score (nSPS) is 25.7. The molecule has 1 aromatic carbocycles. The summed E-state index contributed by atoms with van der Waals surface area (Å²) in [4.78, 5) is 88.7. The SMILES string of the molecule is CCCC(=O)O[C@@H]1[C@H](OCCCc2ccccc2)[C@@H](OP(=O)(O)O)[C@H](OP(=O)(O)O)[C@@H](OP(=O)(O)O)[C@@H]1OP(=O)(O)O. The minimum Gasteiger partial charge on any atom is -0.457 e. The van der Waals surface area contributed by atoms with E-state index < -0.39 is 73.9 Å². The number of phosphoric ester groups is 4. The van der Waals surface area contributed by atoms with E-state index in [0.717, 1.165) is 5.56 Å². The number of hydrogen-bond acceptors (Lipinski definition) is 11. The molecule has 0 radical (unpaired) electrons. The lowest BCUT2D eigenvalue weighted by Crippen LogP contribution is -2.67. The highest BCUT2D eigenvalue weighted by Gasteiger charge is 2.61. The molecule has 0 saturated heterocycles. The van der Waals surface area contributed by atoms with Crippen molar-refractivity contribution in [3.8, 4) is 0 Å². The van der Waals surface area contributed by atoms with Gasteiger partial charge in [-0.2, -0.15) is 0 Å². The molecule has 1 saturated carbocycles. The number of hydrogen-bond donors (Lipinski definition) is 8. The minimum absolute atomic E-state index is 0.174. The van der Waals surface area contributed by atoms with E-state index >= 15 is 0 Å².